The van der Waals surface area contributed by atoms with Crippen molar-refractivity contribution in [3.8, 4) is 0 Å². The van der Waals surface area contributed by atoms with Crippen LogP contribution in [0.3, 0.4) is 0 Å². The highest BCUT2D eigenvalue weighted by Crippen LogP contribution is 2.35. The van der Waals surface area contributed by atoms with Gasteiger partial charge in [-0.3, -0.25) is 0 Å². The summed E-state index contributed by atoms with van der Waals surface area (Å²) < 4.78 is 1.36. The number of hydrogen-bond donors (Lipinski definition) is 1. The number of hydrogen-bond acceptors (Lipinski definition) is 3. The van der Waals surface area contributed by atoms with Crippen LogP contribution < -0.4 is 5.73 Å². The molecule has 18 heavy (non-hydrogen) atoms. The number of nitrogens with zero attached hydrogens (tertiary/aromatic N) is 1. The first-order chi connectivity index (χ1) is 8.41. The molecule has 2 rings (SSSR count). The number of aromatic nitrogens is 1. The van der Waals surface area contributed by atoms with Gasteiger partial charge in [0.25, 0.3) is 0 Å². The number of thiazole rings is 1. The van der Waals surface area contributed by atoms with E-state index in [2.05, 4.69) is 57.5 Å². The van der Waals surface area contributed by atoms with E-state index in [1.165, 1.54) is 28.4 Å². The second kappa shape index (κ2) is 5.81. The third-order valence-electron chi connectivity index (χ3n) is 2.94. The lowest BCUT2D eigenvalue weighted by Crippen LogP contribution is -2.12. The molecule has 1 heterocycles. The molecule has 0 unspecified atom stereocenters. The molecule has 0 bridgehead atoms. The summed E-state index contributed by atoms with van der Waals surface area (Å²) in [5, 5.41) is 0. The maximum Gasteiger partial charge on any atom is 0.0852 e. The molecular weight excluding hydrogens is 240 g/mol. The van der Waals surface area contributed by atoms with E-state index >= 15 is 0 Å². The monoisotopic (exact) mass is 264 g/mol. The van der Waals surface area contributed by atoms with Gasteiger partial charge in [0.15, 0.2) is 0 Å². The molecule has 0 saturated carbocycles. The van der Waals surface area contributed by atoms with E-state index in [4.69, 9.17) is 0 Å². The molecule has 0 aliphatic carbocycles. The van der Waals surface area contributed by atoms with Crippen LogP contribution >= 0.6 is 11.3 Å². The van der Waals surface area contributed by atoms with Gasteiger partial charge < -0.3 is 5.73 Å². The Morgan fingerprint density at radius 1 is 1.17 bits per heavy atom. The fourth-order valence-corrected chi connectivity index (χ4v) is 3.01. The van der Waals surface area contributed by atoms with Crippen molar-refractivity contribution in [1.29, 1.82) is 0 Å². The van der Waals surface area contributed by atoms with Crippen molar-refractivity contribution >= 4 is 21.6 Å². The molecule has 0 aliphatic rings. The minimum absolute atomic E-state index is 0.168. The van der Waals surface area contributed by atoms with Gasteiger partial charge in [-0.25, -0.2) is 4.98 Å². The average Bonchev–Trinajstić information content (AvgIpc) is 2.77. The Balaban J connectivity index is 0.000000771. The minimum atomic E-state index is 0.168. The van der Waals surface area contributed by atoms with Crippen molar-refractivity contribution in [2.75, 3.05) is 7.05 Å². The van der Waals surface area contributed by atoms with E-state index in [0.717, 1.165) is 0 Å². The molecule has 0 fully saturated rings. The third kappa shape index (κ3) is 2.90. The van der Waals surface area contributed by atoms with E-state index in [-0.39, 0.29) is 5.41 Å². The van der Waals surface area contributed by atoms with E-state index < -0.39 is 0 Å². The lowest BCUT2D eigenvalue weighted by atomic mass is 9.85. The van der Waals surface area contributed by atoms with Gasteiger partial charge in [-0.05, 0) is 29.5 Å². The summed E-state index contributed by atoms with van der Waals surface area (Å²) in [5.74, 6) is 0.567. The number of fused-ring (bicyclic) bond motifs is 1. The van der Waals surface area contributed by atoms with Crippen LogP contribution in [-0.4, -0.2) is 12.0 Å². The molecule has 0 radical (unpaired) electrons. The topological polar surface area (TPSA) is 38.9 Å². The highest BCUT2D eigenvalue weighted by molar-refractivity contribution is 7.17. The zero-order chi connectivity index (χ0) is 13.9. The van der Waals surface area contributed by atoms with Crippen molar-refractivity contribution in [2.45, 2.75) is 46.0 Å². The second-order valence-electron chi connectivity index (χ2n) is 5.64. The van der Waals surface area contributed by atoms with Gasteiger partial charge in [-0.15, -0.1) is 11.3 Å². The number of nitrogens with two attached hydrogens (primary N) is 1. The summed E-state index contributed by atoms with van der Waals surface area (Å²) in [6.45, 7) is 11.2. The Bertz CT molecular complexity index is 507. The minimum Gasteiger partial charge on any atom is -0.333 e. The molecule has 0 aliphatic heterocycles. The lowest BCUT2D eigenvalue weighted by molar-refractivity contribution is 0.594. The summed E-state index contributed by atoms with van der Waals surface area (Å²) in [4.78, 5) is 4.55. The largest absolute Gasteiger partial charge is 0.333 e. The van der Waals surface area contributed by atoms with Crippen LogP contribution in [0.2, 0.25) is 0 Å². The molecule has 100 valence electrons. The normalized spacial score (nSPS) is 11.6. The average molecular weight is 264 g/mol. The lowest BCUT2D eigenvalue weighted by Gasteiger charge is -2.20. The van der Waals surface area contributed by atoms with Gasteiger partial charge in [0.2, 0.25) is 0 Å². The smallest absolute Gasteiger partial charge is 0.0852 e. The van der Waals surface area contributed by atoms with Gasteiger partial charge in [-0.1, -0.05) is 46.8 Å². The standard InChI is InChI=1S/C14H19NS.CH5N/c1-9(2)10-6-7-11(14(3,4)5)12-13(10)16-8-15-12;1-2/h6-9H,1-5H3;2H2,1H3. The highest BCUT2D eigenvalue weighted by atomic mass is 32.1. The van der Waals surface area contributed by atoms with Crippen LogP contribution in [0.25, 0.3) is 10.2 Å². The predicted octanol–water partition coefficient (Wildman–Crippen LogP) is 4.29. The Morgan fingerprint density at radius 3 is 2.28 bits per heavy atom. The van der Waals surface area contributed by atoms with Crippen molar-refractivity contribution in [3.63, 3.8) is 0 Å². The Morgan fingerprint density at radius 2 is 1.78 bits per heavy atom. The van der Waals surface area contributed by atoms with Gasteiger partial charge in [0, 0.05) is 0 Å². The zero-order valence-corrected chi connectivity index (χ0v) is 13.1. The molecule has 2 nitrogen and oxygen atoms in total. The Kier molecular flexibility index (Phi) is 4.88. The Hall–Kier alpha value is -0.930. The van der Waals surface area contributed by atoms with Crippen LogP contribution in [0.5, 0.6) is 0 Å². The fourth-order valence-electron chi connectivity index (χ4n) is 2.03. The molecule has 3 heteroatoms. The summed E-state index contributed by atoms with van der Waals surface area (Å²) in [6, 6.07) is 4.52. The Labute approximate surface area is 114 Å². The molecular formula is C15H24N2S. The quantitative estimate of drug-likeness (QED) is 0.834. The molecule has 2 N–H and O–H groups in total. The first-order valence-corrected chi connectivity index (χ1v) is 7.23. The van der Waals surface area contributed by atoms with E-state index in [1.54, 1.807) is 11.3 Å². The summed E-state index contributed by atoms with van der Waals surface area (Å²) in [7, 11) is 1.50. The number of benzene rings is 1. The van der Waals surface area contributed by atoms with Crippen molar-refractivity contribution in [3.05, 3.63) is 28.8 Å². The van der Waals surface area contributed by atoms with Crippen LogP contribution in [0.15, 0.2) is 17.6 Å². The van der Waals surface area contributed by atoms with E-state index in [1.807, 2.05) is 5.51 Å². The van der Waals surface area contributed by atoms with Crippen molar-refractivity contribution < 1.29 is 0 Å². The first-order valence-electron chi connectivity index (χ1n) is 6.35. The van der Waals surface area contributed by atoms with Crippen LogP contribution in [-0.2, 0) is 5.41 Å². The summed E-state index contributed by atoms with van der Waals surface area (Å²) in [5.41, 5.74) is 10.6. The maximum atomic E-state index is 4.55. The highest BCUT2D eigenvalue weighted by Gasteiger charge is 2.20. The SMILES string of the molecule is CC(C)c1ccc(C(C)(C)C)c2ncsc12.CN. The summed E-state index contributed by atoms with van der Waals surface area (Å²) in [6.07, 6.45) is 0. The van der Waals surface area contributed by atoms with Crippen molar-refractivity contribution in [2.24, 2.45) is 5.73 Å². The van der Waals surface area contributed by atoms with Crippen LogP contribution in [0.4, 0.5) is 0 Å². The van der Waals surface area contributed by atoms with E-state index in [9.17, 15) is 0 Å². The van der Waals surface area contributed by atoms with Crippen molar-refractivity contribution in [1.82, 2.24) is 4.98 Å². The second-order valence-corrected chi connectivity index (χ2v) is 6.49. The molecule has 1 aromatic carbocycles. The van der Waals surface area contributed by atoms with Gasteiger partial charge in [-0.2, -0.15) is 0 Å². The molecule has 0 atom stereocenters. The maximum absolute atomic E-state index is 4.55. The summed E-state index contributed by atoms with van der Waals surface area (Å²) >= 11 is 1.76. The van der Waals surface area contributed by atoms with Gasteiger partial charge >= 0.3 is 0 Å². The van der Waals surface area contributed by atoms with Gasteiger partial charge in [0.1, 0.15) is 0 Å². The molecule has 0 amide bonds. The van der Waals surface area contributed by atoms with Crippen LogP contribution in [0, 0.1) is 0 Å². The molecule has 0 spiro atoms. The first kappa shape index (κ1) is 15.1. The fraction of sp³-hybridized carbons (Fsp3) is 0.533. The molecule has 1 aromatic heterocycles. The molecule has 0 saturated heterocycles. The van der Waals surface area contributed by atoms with Crippen LogP contribution in [0.1, 0.15) is 51.7 Å². The predicted molar refractivity (Wildman–Crippen MR) is 82.5 cm³/mol. The molecule has 2 aromatic rings. The van der Waals surface area contributed by atoms with E-state index in [0.29, 0.717) is 5.92 Å². The number of rotatable bonds is 1. The third-order valence-corrected chi connectivity index (χ3v) is 3.82. The van der Waals surface area contributed by atoms with Gasteiger partial charge in [0.05, 0.1) is 15.7 Å². The zero-order valence-electron chi connectivity index (χ0n) is 12.2.